The maximum atomic E-state index is 3.60. The third-order valence-corrected chi connectivity index (χ3v) is 4.06. The molecule has 1 heteroatoms. The molecule has 0 saturated carbocycles. The second-order valence-corrected chi connectivity index (χ2v) is 5.54. The Morgan fingerprint density at radius 1 is 1.11 bits per heavy atom. The van der Waals surface area contributed by atoms with Crippen molar-refractivity contribution >= 4 is 5.69 Å². The summed E-state index contributed by atoms with van der Waals surface area (Å²) in [7, 11) is 0. The molecule has 2 aromatic rings. The van der Waals surface area contributed by atoms with Gasteiger partial charge in [0.1, 0.15) is 0 Å². The highest BCUT2D eigenvalue weighted by molar-refractivity contribution is 5.46. The Morgan fingerprint density at radius 2 is 2.00 bits per heavy atom. The molecule has 0 aliphatic heterocycles. The Kier molecular flexibility index (Phi) is 3.54. The second-order valence-electron chi connectivity index (χ2n) is 5.54. The van der Waals surface area contributed by atoms with Crippen LogP contribution in [0.1, 0.15) is 35.4 Å². The third-order valence-electron chi connectivity index (χ3n) is 4.06. The maximum absolute atomic E-state index is 3.60. The largest absolute Gasteiger partial charge is 0.384 e. The van der Waals surface area contributed by atoms with Gasteiger partial charge in [-0.2, -0.15) is 0 Å². The number of rotatable bonds is 3. The third kappa shape index (κ3) is 2.81. The van der Waals surface area contributed by atoms with Crippen LogP contribution in [0.25, 0.3) is 0 Å². The van der Waals surface area contributed by atoms with E-state index in [4.69, 9.17) is 0 Å². The molecule has 0 spiro atoms. The monoisotopic (exact) mass is 251 g/mol. The van der Waals surface area contributed by atoms with Gasteiger partial charge in [-0.25, -0.2) is 0 Å². The number of aryl methyl sites for hydroxylation is 2. The molecule has 0 aromatic heterocycles. The lowest BCUT2D eigenvalue weighted by Gasteiger charge is -2.26. The molecule has 0 saturated heterocycles. The van der Waals surface area contributed by atoms with Crippen LogP contribution < -0.4 is 5.32 Å². The van der Waals surface area contributed by atoms with E-state index < -0.39 is 0 Å². The highest BCUT2D eigenvalue weighted by Crippen LogP contribution is 2.31. The van der Waals surface area contributed by atoms with Crippen LogP contribution in [0.3, 0.4) is 0 Å². The molecule has 19 heavy (non-hydrogen) atoms. The molecule has 0 amide bonds. The van der Waals surface area contributed by atoms with Gasteiger partial charge in [-0.3, -0.25) is 0 Å². The van der Waals surface area contributed by atoms with Gasteiger partial charge in [0.2, 0.25) is 0 Å². The van der Waals surface area contributed by atoms with Crippen molar-refractivity contribution in [1.82, 2.24) is 0 Å². The van der Waals surface area contributed by atoms with Crippen LogP contribution in [0, 0.1) is 6.92 Å². The van der Waals surface area contributed by atoms with E-state index in [1.807, 2.05) is 0 Å². The normalized spacial score (nSPS) is 17.8. The van der Waals surface area contributed by atoms with Crippen molar-refractivity contribution in [1.29, 1.82) is 0 Å². The standard InChI is InChI=1S/C18H21N/c1-14-6-4-10-17(12-14)19-13-16-9-5-8-15-7-2-3-11-18(15)16/h2-4,6-7,10-12,16,19H,5,8-9,13H2,1H3. The van der Waals surface area contributed by atoms with Crippen molar-refractivity contribution in [2.24, 2.45) is 0 Å². The summed E-state index contributed by atoms with van der Waals surface area (Å²) >= 11 is 0. The number of hydrogen-bond donors (Lipinski definition) is 1. The molecule has 1 aliphatic rings. The summed E-state index contributed by atoms with van der Waals surface area (Å²) < 4.78 is 0. The molecule has 0 heterocycles. The lowest BCUT2D eigenvalue weighted by atomic mass is 9.83. The summed E-state index contributed by atoms with van der Waals surface area (Å²) in [6.45, 7) is 3.18. The average molecular weight is 251 g/mol. The highest BCUT2D eigenvalue weighted by atomic mass is 14.9. The van der Waals surface area contributed by atoms with Gasteiger partial charge in [-0.1, -0.05) is 36.4 Å². The van der Waals surface area contributed by atoms with Crippen LogP contribution in [0.5, 0.6) is 0 Å². The van der Waals surface area contributed by atoms with Crippen molar-refractivity contribution in [3.8, 4) is 0 Å². The van der Waals surface area contributed by atoms with E-state index in [-0.39, 0.29) is 0 Å². The maximum Gasteiger partial charge on any atom is 0.0343 e. The van der Waals surface area contributed by atoms with Crippen molar-refractivity contribution in [3.05, 3.63) is 65.2 Å². The SMILES string of the molecule is Cc1cccc(NCC2CCCc3ccccc32)c1. The van der Waals surface area contributed by atoms with E-state index in [1.54, 1.807) is 11.1 Å². The number of hydrogen-bond acceptors (Lipinski definition) is 1. The Labute approximate surface area is 115 Å². The van der Waals surface area contributed by atoms with Crippen LogP contribution in [0.2, 0.25) is 0 Å². The molecule has 1 aliphatic carbocycles. The summed E-state index contributed by atoms with van der Waals surface area (Å²) in [5, 5.41) is 3.60. The molecule has 3 rings (SSSR count). The molecular formula is C18H21N. The van der Waals surface area contributed by atoms with Gasteiger partial charge in [0.05, 0.1) is 0 Å². The van der Waals surface area contributed by atoms with E-state index in [1.165, 1.54) is 30.5 Å². The van der Waals surface area contributed by atoms with Crippen molar-refractivity contribution in [3.63, 3.8) is 0 Å². The lowest BCUT2D eigenvalue weighted by molar-refractivity contribution is 0.572. The molecule has 98 valence electrons. The predicted molar refractivity (Wildman–Crippen MR) is 81.8 cm³/mol. The van der Waals surface area contributed by atoms with E-state index in [0.717, 1.165) is 6.54 Å². The van der Waals surface area contributed by atoms with Crippen LogP contribution in [-0.4, -0.2) is 6.54 Å². The average Bonchev–Trinajstić information content (AvgIpc) is 2.45. The quantitative estimate of drug-likeness (QED) is 0.845. The molecule has 1 N–H and O–H groups in total. The molecule has 0 radical (unpaired) electrons. The Hall–Kier alpha value is -1.76. The molecule has 1 nitrogen and oxygen atoms in total. The van der Waals surface area contributed by atoms with Gasteiger partial charge in [0.15, 0.2) is 0 Å². The zero-order chi connectivity index (χ0) is 13.1. The summed E-state index contributed by atoms with van der Waals surface area (Å²) in [6.07, 6.45) is 3.87. The van der Waals surface area contributed by atoms with E-state index >= 15 is 0 Å². The van der Waals surface area contributed by atoms with Crippen LogP contribution in [0.15, 0.2) is 48.5 Å². The van der Waals surface area contributed by atoms with Gasteiger partial charge < -0.3 is 5.32 Å². The van der Waals surface area contributed by atoms with Crippen LogP contribution in [0.4, 0.5) is 5.69 Å². The number of anilines is 1. The Bertz CT molecular complexity index is 559. The first kappa shape index (κ1) is 12.3. The zero-order valence-corrected chi connectivity index (χ0v) is 11.5. The fourth-order valence-electron chi connectivity index (χ4n) is 3.06. The Balaban J connectivity index is 1.71. The summed E-state index contributed by atoms with van der Waals surface area (Å²) in [5.41, 5.74) is 5.65. The first-order valence-electron chi connectivity index (χ1n) is 7.21. The van der Waals surface area contributed by atoms with Crippen molar-refractivity contribution in [2.45, 2.75) is 32.1 Å². The predicted octanol–water partition coefficient (Wildman–Crippen LogP) is 4.53. The number of benzene rings is 2. The Morgan fingerprint density at radius 3 is 2.89 bits per heavy atom. The highest BCUT2D eigenvalue weighted by Gasteiger charge is 2.19. The minimum absolute atomic E-state index is 0.658. The molecule has 0 fully saturated rings. The van der Waals surface area contributed by atoms with Gasteiger partial charge in [0.25, 0.3) is 0 Å². The van der Waals surface area contributed by atoms with Crippen LogP contribution >= 0.6 is 0 Å². The number of nitrogens with one attached hydrogen (secondary N) is 1. The van der Waals surface area contributed by atoms with Gasteiger partial charge in [0, 0.05) is 18.2 Å². The minimum atomic E-state index is 0.658. The first-order valence-corrected chi connectivity index (χ1v) is 7.21. The molecule has 2 aromatic carbocycles. The van der Waals surface area contributed by atoms with Gasteiger partial charge in [-0.15, -0.1) is 0 Å². The van der Waals surface area contributed by atoms with Crippen molar-refractivity contribution < 1.29 is 0 Å². The fraction of sp³-hybridized carbons (Fsp3) is 0.333. The van der Waals surface area contributed by atoms with Gasteiger partial charge in [-0.05, 0) is 55.0 Å². The topological polar surface area (TPSA) is 12.0 Å². The zero-order valence-electron chi connectivity index (χ0n) is 11.5. The second kappa shape index (κ2) is 5.48. The molecule has 1 unspecified atom stereocenters. The van der Waals surface area contributed by atoms with E-state index in [0.29, 0.717) is 5.92 Å². The summed E-state index contributed by atoms with van der Waals surface area (Å²) in [6, 6.07) is 17.5. The fourth-order valence-corrected chi connectivity index (χ4v) is 3.06. The summed E-state index contributed by atoms with van der Waals surface area (Å²) in [5.74, 6) is 0.658. The first-order chi connectivity index (χ1) is 9.33. The van der Waals surface area contributed by atoms with Gasteiger partial charge >= 0.3 is 0 Å². The van der Waals surface area contributed by atoms with Crippen LogP contribution in [-0.2, 0) is 6.42 Å². The minimum Gasteiger partial charge on any atom is -0.384 e. The molecular weight excluding hydrogens is 230 g/mol. The van der Waals surface area contributed by atoms with Crippen molar-refractivity contribution in [2.75, 3.05) is 11.9 Å². The smallest absolute Gasteiger partial charge is 0.0343 e. The van der Waals surface area contributed by atoms with E-state index in [9.17, 15) is 0 Å². The lowest BCUT2D eigenvalue weighted by Crippen LogP contribution is -2.18. The number of fused-ring (bicyclic) bond motifs is 1. The summed E-state index contributed by atoms with van der Waals surface area (Å²) in [4.78, 5) is 0. The van der Waals surface area contributed by atoms with E-state index in [2.05, 4.69) is 60.8 Å². The molecule has 0 bridgehead atoms. The molecule has 1 atom stereocenters.